The van der Waals surface area contributed by atoms with Gasteiger partial charge in [0, 0.05) is 58.5 Å². The van der Waals surface area contributed by atoms with Gasteiger partial charge in [-0.2, -0.15) is 0 Å². The highest BCUT2D eigenvalue weighted by atomic mass is 16.2. The van der Waals surface area contributed by atoms with E-state index in [1.165, 1.54) is 4.90 Å². The van der Waals surface area contributed by atoms with Crippen molar-refractivity contribution >= 4 is 17.7 Å². The Morgan fingerprint density at radius 3 is 2.24 bits per heavy atom. The van der Waals surface area contributed by atoms with Crippen molar-refractivity contribution < 1.29 is 14.4 Å². The molecule has 3 amide bonds. The molecule has 0 aromatic carbocycles. The van der Waals surface area contributed by atoms with E-state index in [4.69, 9.17) is 0 Å². The van der Waals surface area contributed by atoms with Crippen LogP contribution in [-0.2, 0) is 14.4 Å². The number of rotatable bonds is 4. The summed E-state index contributed by atoms with van der Waals surface area (Å²) in [5.74, 6) is 0.121. The Bertz CT molecular complexity index is 428. The molecule has 6 nitrogen and oxygen atoms in total. The second-order valence-corrected chi connectivity index (χ2v) is 6.29. The van der Waals surface area contributed by atoms with Gasteiger partial charge in [-0.15, -0.1) is 0 Å². The maximum Gasteiger partial charge on any atom is 0.233 e. The van der Waals surface area contributed by atoms with Gasteiger partial charge in [0.1, 0.15) is 0 Å². The first-order chi connectivity index (χ1) is 9.90. The summed E-state index contributed by atoms with van der Waals surface area (Å²) < 4.78 is 0. The van der Waals surface area contributed by atoms with Crippen LogP contribution in [-0.4, -0.2) is 71.7 Å². The molecule has 2 rings (SSSR count). The van der Waals surface area contributed by atoms with Gasteiger partial charge in [-0.1, -0.05) is 13.8 Å². The van der Waals surface area contributed by atoms with E-state index in [0.29, 0.717) is 19.5 Å². The van der Waals surface area contributed by atoms with E-state index in [1.54, 1.807) is 6.92 Å². The zero-order chi connectivity index (χ0) is 15.6. The van der Waals surface area contributed by atoms with Gasteiger partial charge in [0.2, 0.25) is 17.7 Å². The molecule has 2 fully saturated rings. The number of amides is 3. The highest BCUT2D eigenvalue weighted by molar-refractivity contribution is 6.03. The molecule has 0 N–H and O–H groups in total. The number of imide groups is 1. The summed E-state index contributed by atoms with van der Waals surface area (Å²) in [6.45, 7) is 9.81. The first kappa shape index (κ1) is 15.9. The summed E-state index contributed by atoms with van der Waals surface area (Å²) in [5, 5.41) is 0. The fourth-order valence-electron chi connectivity index (χ4n) is 2.99. The normalized spacial score (nSPS) is 24.3. The third-order valence-electron chi connectivity index (χ3n) is 4.54. The summed E-state index contributed by atoms with van der Waals surface area (Å²) in [7, 11) is 0. The van der Waals surface area contributed by atoms with E-state index >= 15 is 0 Å². The van der Waals surface area contributed by atoms with Crippen LogP contribution in [0.5, 0.6) is 0 Å². The van der Waals surface area contributed by atoms with Crippen LogP contribution < -0.4 is 0 Å². The van der Waals surface area contributed by atoms with Gasteiger partial charge in [-0.05, 0) is 5.92 Å². The number of carbonyl (C=O) groups excluding carboxylic acids is 3. The monoisotopic (exact) mass is 295 g/mol. The molecule has 2 heterocycles. The smallest absolute Gasteiger partial charge is 0.233 e. The highest BCUT2D eigenvalue weighted by Gasteiger charge is 2.39. The van der Waals surface area contributed by atoms with E-state index in [0.717, 1.165) is 26.2 Å². The van der Waals surface area contributed by atoms with E-state index in [9.17, 15) is 14.4 Å². The topological polar surface area (TPSA) is 60.9 Å². The fraction of sp³-hybridized carbons (Fsp3) is 0.800. The van der Waals surface area contributed by atoms with Crippen LogP contribution in [0.2, 0.25) is 0 Å². The predicted molar refractivity (Wildman–Crippen MR) is 78.4 cm³/mol. The Morgan fingerprint density at radius 1 is 1.14 bits per heavy atom. The van der Waals surface area contributed by atoms with Crippen LogP contribution in [0.15, 0.2) is 0 Å². The molecule has 2 aliphatic rings. The predicted octanol–water partition coefficient (Wildman–Crippen LogP) is 0.182. The van der Waals surface area contributed by atoms with Crippen molar-refractivity contribution in [2.24, 2.45) is 11.8 Å². The summed E-state index contributed by atoms with van der Waals surface area (Å²) in [4.78, 5) is 40.9. The molecule has 2 aliphatic heterocycles. The van der Waals surface area contributed by atoms with Crippen LogP contribution in [0.3, 0.4) is 0 Å². The van der Waals surface area contributed by atoms with Gasteiger partial charge in [-0.25, -0.2) is 0 Å². The second kappa shape index (κ2) is 6.56. The van der Waals surface area contributed by atoms with Crippen molar-refractivity contribution in [1.82, 2.24) is 14.7 Å². The first-order valence-electron chi connectivity index (χ1n) is 7.72. The minimum Gasteiger partial charge on any atom is -0.340 e. The average Bonchev–Trinajstić information content (AvgIpc) is 2.72. The number of piperazine rings is 1. The molecule has 0 aromatic rings. The first-order valence-corrected chi connectivity index (χ1v) is 7.72. The van der Waals surface area contributed by atoms with Crippen LogP contribution in [0.1, 0.15) is 27.2 Å². The zero-order valence-electron chi connectivity index (χ0n) is 13.2. The van der Waals surface area contributed by atoms with Gasteiger partial charge in [0.15, 0.2) is 0 Å². The number of hydrogen-bond acceptors (Lipinski definition) is 4. The molecule has 0 saturated carbocycles. The molecule has 0 spiro atoms. The zero-order valence-corrected chi connectivity index (χ0v) is 13.2. The molecule has 0 radical (unpaired) electrons. The number of nitrogens with zero attached hydrogens (tertiary/aromatic N) is 3. The highest BCUT2D eigenvalue weighted by Crippen LogP contribution is 2.26. The molecule has 6 heteroatoms. The van der Waals surface area contributed by atoms with Crippen molar-refractivity contribution in [3.05, 3.63) is 0 Å². The van der Waals surface area contributed by atoms with Crippen molar-refractivity contribution in [3.63, 3.8) is 0 Å². The molecule has 0 bridgehead atoms. The molecule has 21 heavy (non-hydrogen) atoms. The van der Waals surface area contributed by atoms with Crippen LogP contribution in [0.4, 0.5) is 0 Å². The molecule has 118 valence electrons. The lowest BCUT2D eigenvalue weighted by atomic mass is 9.94. The van der Waals surface area contributed by atoms with Gasteiger partial charge in [0.25, 0.3) is 0 Å². The molecule has 1 unspecified atom stereocenters. The quantitative estimate of drug-likeness (QED) is 0.694. The number of carbonyl (C=O) groups is 3. The standard InChI is InChI=1S/C15H25N3O3/c1-11(2)13-10-14(20)18(15(13)21)9-6-16-4-7-17(8-5-16)12(3)19/h11,13H,4-10H2,1-3H3. The third kappa shape index (κ3) is 3.61. The Labute approximate surface area is 126 Å². The van der Waals surface area contributed by atoms with E-state index in [1.807, 2.05) is 18.7 Å². The molecular weight excluding hydrogens is 270 g/mol. The van der Waals surface area contributed by atoms with Gasteiger partial charge >= 0.3 is 0 Å². The number of hydrogen-bond donors (Lipinski definition) is 0. The second-order valence-electron chi connectivity index (χ2n) is 6.29. The maximum absolute atomic E-state index is 12.2. The van der Waals surface area contributed by atoms with Crippen molar-refractivity contribution in [2.75, 3.05) is 39.3 Å². The van der Waals surface area contributed by atoms with Crippen molar-refractivity contribution in [1.29, 1.82) is 0 Å². The molecular formula is C15H25N3O3. The van der Waals surface area contributed by atoms with Crippen LogP contribution in [0, 0.1) is 11.8 Å². The average molecular weight is 295 g/mol. The lowest BCUT2D eigenvalue weighted by Gasteiger charge is -2.34. The van der Waals surface area contributed by atoms with Gasteiger partial charge in [-0.3, -0.25) is 24.2 Å². The molecule has 2 saturated heterocycles. The Kier molecular flexibility index (Phi) is 4.98. The third-order valence-corrected chi connectivity index (χ3v) is 4.54. The summed E-state index contributed by atoms with van der Waals surface area (Å²) >= 11 is 0. The van der Waals surface area contributed by atoms with Crippen LogP contribution in [0.25, 0.3) is 0 Å². The van der Waals surface area contributed by atoms with Crippen LogP contribution >= 0.6 is 0 Å². The summed E-state index contributed by atoms with van der Waals surface area (Å²) in [5.41, 5.74) is 0. The van der Waals surface area contributed by atoms with E-state index < -0.39 is 0 Å². The molecule has 0 aliphatic carbocycles. The van der Waals surface area contributed by atoms with E-state index in [2.05, 4.69) is 4.90 Å². The minimum atomic E-state index is -0.146. The summed E-state index contributed by atoms with van der Waals surface area (Å²) in [6.07, 6.45) is 0.356. The van der Waals surface area contributed by atoms with Crippen molar-refractivity contribution in [2.45, 2.75) is 27.2 Å². The van der Waals surface area contributed by atoms with Gasteiger partial charge in [0.05, 0.1) is 0 Å². The molecule has 0 aromatic heterocycles. The Balaban J connectivity index is 1.80. The largest absolute Gasteiger partial charge is 0.340 e. The molecule has 1 atom stereocenters. The number of likely N-dealkylation sites (tertiary alicyclic amines) is 1. The van der Waals surface area contributed by atoms with Gasteiger partial charge < -0.3 is 4.90 Å². The Hall–Kier alpha value is -1.43. The van der Waals surface area contributed by atoms with Crippen molar-refractivity contribution in [3.8, 4) is 0 Å². The maximum atomic E-state index is 12.2. The fourth-order valence-corrected chi connectivity index (χ4v) is 2.99. The minimum absolute atomic E-state index is 0.0163. The Morgan fingerprint density at radius 2 is 1.76 bits per heavy atom. The SMILES string of the molecule is CC(=O)N1CCN(CCN2C(=O)CC(C(C)C)C2=O)CC1. The lowest BCUT2D eigenvalue weighted by Crippen LogP contribution is -2.50. The summed E-state index contributed by atoms with van der Waals surface area (Å²) in [6, 6.07) is 0. The van der Waals surface area contributed by atoms with E-state index in [-0.39, 0.29) is 29.6 Å². The lowest BCUT2D eigenvalue weighted by molar-refractivity contribution is -0.140.